The Kier molecular flexibility index (Phi) is 4.43. The highest BCUT2D eigenvalue weighted by Gasteiger charge is 2.51. The van der Waals surface area contributed by atoms with Gasteiger partial charge in [-0.1, -0.05) is 0 Å². The summed E-state index contributed by atoms with van der Waals surface area (Å²) >= 11 is 0. The third-order valence-electron chi connectivity index (χ3n) is 7.00. The van der Waals surface area contributed by atoms with E-state index in [9.17, 15) is 5.11 Å². The highest BCUT2D eigenvalue weighted by atomic mass is 16.3. The molecule has 3 fully saturated rings. The van der Waals surface area contributed by atoms with Crippen molar-refractivity contribution in [2.24, 2.45) is 17.1 Å². The number of rotatable bonds is 4. The molecule has 26 heavy (non-hydrogen) atoms. The molecule has 1 saturated heterocycles. The van der Waals surface area contributed by atoms with Gasteiger partial charge in [0, 0.05) is 25.2 Å². The van der Waals surface area contributed by atoms with E-state index in [4.69, 9.17) is 10.7 Å². The number of piperidine rings is 1. The Hall–Kier alpha value is -1.33. The molecule has 1 aliphatic heterocycles. The second kappa shape index (κ2) is 6.38. The quantitative estimate of drug-likeness (QED) is 0.771. The normalized spacial score (nSPS) is 32.3. The average Bonchev–Trinajstić information content (AvgIpc) is 2.52. The molecule has 1 spiro atoms. The fourth-order valence-electron chi connectivity index (χ4n) is 5.38. The molecular weight excluding hydrogens is 324 g/mol. The molecule has 0 radical (unpaired) electrons. The largest absolute Gasteiger partial charge is 0.390 e. The first kappa shape index (κ1) is 18.1. The summed E-state index contributed by atoms with van der Waals surface area (Å²) in [6, 6.07) is 5.36. The third kappa shape index (κ3) is 3.44. The summed E-state index contributed by atoms with van der Waals surface area (Å²) in [5.41, 5.74) is 8.19. The van der Waals surface area contributed by atoms with Crippen LogP contribution in [-0.2, 0) is 0 Å². The summed E-state index contributed by atoms with van der Waals surface area (Å²) in [7, 11) is 0. The number of hydrogen-bond donors (Lipinski definition) is 3. The molecule has 2 heterocycles. The van der Waals surface area contributed by atoms with Gasteiger partial charge in [-0.15, -0.1) is 0 Å². The first-order chi connectivity index (χ1) is 12.2. The van der Waals surface area contributed by atoms with Crippen LogP contribution in [0.15, 0.2) is 12.1 Å². The first-order valence-corrected chi connectivity index (χ1v) is 10.2. The summed E-state index contributed by atoms with van der Waals surface area (Å²) < 4.78 is 0. The average molecular weight is 359 g/mol. The van der Waals surface area contributed by atoms with Gasteiger partial charge < -0.3 is 21.1 Å². The fourth-order valence-corrected chi connectivity index (χ4v) is 5.38. The van der Waals surface area contributed by atoms with Crippen molar-refractivity contribution in [1.29, 1.82) is 0 Å². The van der Waals surface area contributed by atoms with E-state index < -0.39 is 5.60 Å². The number of pyridine rings is 1. The van der Waals surface area contributed by atoms with Crippen molar-refractivity contribution in [1.82, 2.24) is 4.98 Å². The zero-order valence-electron chi connectivity index (χ0n) is 16.5. The van der Waals surface area contributed by atoms with Crippen molar-refractivity contribution in [3.05, 3.63) is 17.8 Å². The number of aromatic nitrogens is 1. The number of hydrogen-bond acceptors (Lipinski definition) is 5. The van der Waals surface area contributed by atoms with Crippen LogP contribution in [-0.4, -0.2) is 40.9 Å². The molecule has 144 valence electrons. The Morgan fingerprint density at radius 2 is 1.85 bits per heavy atom. The molecule has 0 atom stereocenters. The SMILES string of the molecule is Cc1nc(N2CCC(C(C)(C)O)CC2)ccc1NC1CC2(CC(N)C2)C1. The van der Waals surface area contributed by atoms with E-state index in [0.717, 1.165) is 37.4 Å². The summed E-state index contributed by atoms with van der Waals surface area (Å²) in [6.45, 7) is 7.90. The minimum absolute atomic E-state index is 0.381. The molecule has 4 rings (SSSR count). The third-order valence-corrected chi connectivity index (χ3v) is 7.00. The summed E-state index contributed by atoms with van der Waals surface area (Å²) in [6.07, 6.45) is 6.98. The summed E-state index contributed by atoms with van der Waals surface area (Å²) in [4.78, 5) is 7.21. The zero-order valence-corrected chi connectivity index (χ0v) is 16.5. The van der Waals surface area contributed by atoms with E-state index in [-0.39, 0.29) is 0 Å². The Labute approximate surface area is 157 Å². The lowest BCUT2D eigenvalue weighted by atomic mass is 9.52. The molecule has 0 bridgehead atoms. The fraction of sp³-hybridized carbons (Fsp3) is 0.762. The van der Waals surface area contributed by atoms with E-state index in [1.54, 1.807) is 0 Å². The van der Waals surface area contributed by atoms with E-state index in [1.807, 2.05) is 13.8 Å². The molecule has 4 N–H and O–H groups in total. The highest BCUT2D eigenvalue weighted by molar-refractivity contribution is 5.54. The van der Waals surface area contributed by atoms with Crippen molar-refractivity contribution in [2.75, 3.05) is 23.3 Å². The molecule has 2 aliphatic carbocycles. The minimum Gasteiger partial charge on any atom is -0.390 e. The number of nitrogens with one attached hydrogen (secondary N) is 1. The van der Waals surface area contributed by atoms with Gasteiger partial charge in [0.15, 0.2) is 0 Å². The van der Waals surface area contributed by atoms with Crippen molar-refractivity contribution >= 4 is 11.5 Å². The van der Waals surface area contributed by atoms with E-state index in [1.165, 1.54) is 31.4 Å². The Morgan fingerprint density at radius 1 is 1.19 bits per heavy atom. The molecule has 1 aromatic heterocycles. The van der Waals surface area contributed by atoms with Crippen LogP contribution in [0.4, 0.5) is 11.5 Å². The molecule has 2 saturated carbocycles. The van der Waals surface area contributed by atoms with Crippen LogP contribution in [0.2, 0.25) is 0 Å². The van der Waals surface area contributed by atoms with Crippen LogP contribution in [0.25, 0.3) is 0 Å². The molecule has 0 amide bonds. The highest BCUT2D eigenvalue weighted by Crippen LogP contribution is 2.55. The van der Waals surface area contributed by atoms with Crippen molar-refractivity contribution in [3.8, 4) is 0 Å². The summed E-state index contributed by atoms with van der Waals surface area (Å²) in [5.74, 6) is 1.45. The molecule has 0 aromatic carbocycles. The Balaban J connectivity index is 1.32. The second-order valence-electron chi connectivity index (χ2n) is 9.64. The molecule has 1 aromatic rings. The smallest absolute Gasteiger partial charge is 0.128 e. The molecule has 5 nitrogen and oxygen atoms in total. The van der Waals surface area contributed by atoms with Gasteiger partial charge in [0.1, 0.15) is 5.82 Å². The van der Waals surface area contributed by atoms with Crippen LogP contribution in [0.1, 0.15) is 58.1 Å². The maximum absolute atomic E-state index is 10.2. The van der Waals surface area contributed by atoms with Crippen LogP contribution < -0.4 is 16.0 Å². The first-order valence-electron chi connectivity index (χ1n) is 10.2. The van der Waals surface area contributed by atoms with E-state index in [0.29, 0.717) is 23.4 Å². The lowest BCUT2D eigenvalue weighted by Crippen LogP contribution is -2.57. The maximum atomic E-state index is 10.2. The van der Waals surface area contributed by atoms with Crippen LogP contribution in [0.5, 0.6) is 0 Å². The Morgan fingerprint density at radius 3 is 2.38 bits per heavy atom. The van der Waals surface area contributed by atoms with Crippen molar-refractivity contribution in [2.45, 2.75) is 77.0 Å². The maximum Gasteiger partial charge on any atom is 0.128 e. The van der Waals surface area contributed by atoms with Crippen molar-refractivity contribution in [3.63, 3.8) is 0 Å². The van der Waals surface area contributed by atoms with E-state index in [2.05, 4.69) is 29.3 Å². The topological polar surface area (TPSA) is 74.4 Å². The van der Waals surface area contributed by atoms with Gasteiger partial charge in [-0.2, -0.15) is 0 Å². The standard InChI is InChI=1S/C21H34N4O/c1-14-18(24-17-12-21(13-17)10-16(22)11-21)4-5-19(23-14)25-8-6-15(7-9-25)20(2,3)26/h4-5,15-17,24,26H,6-13,22H2,1-3H3. The monoisotopic (exact) mass is 358 g/mol. The lowest BCUT2D eigenvalue weighted by Gasteiger charge is -2.57. The van der Waals surface area contributed by atoms with Crippen LogP contribution in [0.3, 0.4) is 0 Å². The van der Waals surface area contributed by atoms with Gasteiger partial charge in [-0.3, -0.25) is 0 Å². The number of aliphatic hydroxyl groups is 1. The molecule has 0 unspecified atom stereocenters. The van der Waals surface area contributed by atoms with Crippen LogP contribution >= 0.6 is 0 Å². The molecule has 3 aliphatic rings. The number of aryl methyl sites for hydroxylation is 1. The molecular formula is C21H34N4O. The van der Waals surface area contributed by atoms with E-state index >= 15 is 0 Å². The summed E-state index contributed by atoms with van der Waals surface area (Å²) in [5, 5.41) is 13.9. The zero-order chi connectivity index (χ0) is 18.5. The Bertz CT molecular complexity index is 646. The van der Waals surface area contributed by atoms with Crippen molar-refractivity contribution < 1.29 is 5.11 Å². The van der Waals surface area contributed by atoms with Crippen LogP contribution in [0, 0.1) is 18.3 Å². The second-order valence-corrected chi connectivity index (χ2v) is 9.64. The van der Waals surface area contributed by atoms with Gasteiger partial charge in [0.25, 0.3) is 0 Å². The number of nitrogens with zero attached hydrogens (tertiary/aromatic N) is 2. The molecule has 5 heteroatoms. The number of nitrogens with two attached hydrogens (primary N) is 1. The predicted octanol–water partition coefficient (Wildman–Crippen LogP) is 3.06. The van der Waals surface area contributed by atoms with Gasteiger partial charge in [0.2, 0.25) is 0 Å². The van der Waals surface area contributed by atoms with Gasteiger partial charge >= 0.3 is 0 Å². The van der Waals surface area contributed by atoms with Gasteiger partial charge in [-0.25, -0.2) is 4.98 Å². The minimum atomic E-state index is -0.576. The predicted molar refractivity (Wildman–Crippen MR) is 106 cm³/mol. The van der Waals surface area contributed by atoms with Gasteiger partial charge in [-0.05, 0) is 82.8 Å². The number of anilines is 2. The van der Waals surface area contributed by atoms with Gasteiger partial charge in [0.05, 0.1) is 17.0 Å². The lowest BCUT2D eigenvalue weighted by molar-refractivity contribution is 0.00118.